The van der Waals surface area contributed by atoms with Crippen LogP contribution in [0.1, 0.15) is 114 Å². The molecule has 1 atom stereocenters. The van der Waals surface area contributed by atoms with Crippen molar-refractivity contribution >= 4 is 38.4 Å². The molecule has 3 fully saturated rings. The van der Waals surface area contributed by atoms with Crippen LogP contribution in [0.15, 0.2) is 47.4 Å². The fourth-order valence-corrected chi connectivity index (χ4v) is 10.6. The molecule has 2 bridgehead atoms. The number of piperidine rings is 3. The van der Waals surface area contributed by atoms with Gasteiger partial charge in [-0.1, -0.05) is 63.9 Å². The average Bonchev–Trinajstić information content (AvgIpc) is 3.15. The molecule has 6 rings (SSSR count). The molecule has 2 aromatic rings. The molecule has 46 heavy (non-hydrogen) atoms. The minimum absolute atomic E-state index is 0.138. The number of thiocarbonyl (C=S) groups is 1. The Kier molecular flexibility index (Phi) is 11.9. The highest BCUT2D eigenvalue weighted by atomic mass is 32.2. The van der Waals surface area contributed by atoms with E-state index < -0.39 is 15.4 Å². The van der Waals surface area contributed by atoms with Crippen LogP contribution in [0.25, 0.3) is 0 Å². The minimum atomic E-state index is -3.49. The number of nitrogens with zero attached hydrogens (tertiary/aromatic N) is 2. The van der Waals surface area contributed by atoms with Gasteiger partial charge in [0.1, 0.15) is 0 Å². The molecule has 6 nitrogen and oxygen atoms in total. The molecule has 0 amide bonds. The zero-order valence-corrected chi connectivity index (χ0v) is 30.6. The van der Waals surface area contributed by atoms with Crippen molar-refractivity contribution in [1.29, 1.82) is 0 Å². The van der Waals surface area contributed by atoms with Crippen LogP contribution in [0, 0.1) is 5.92 Å². The van der Waals surface area contributed by atoms with Crippen molar-refractivity contribution < 1.29 is 12.9 Å². The van der Waals surface area contributed by atoms with Crippen molar-refractivity contribution in [3.8, 4) is 0 Å². The lowest BCUT2D eigenvalue weighted by Crippen LogP contribution is -2.58. The van der Waals surface area contributed by atoms with E-state index in [1.807, 2.05) is 31.1 Å². The number of hydrogen-bond acceptors (Lipinski definition) is 5. The van der Waals surface area contributed by atoms with E-state index in [0.29, 0.717) is 4.90 Å². The van der Waals surface area contributed by atoms with Crippen molar-refractivity contribution in [3.63, 3.8) is 0 Å². The van der Waals surface area contributed by atoms with Crippen molar-refractivity contribution in [2.24, 2.45) is 5.92 Å². The zero-order chi connectivity index (χ0) is 32.8. The lowest BCUT2D eigenvalue weighted by Gasteiger charge is -2.49. The second-order valence-corrected chi connectivity index (χ2v) is 17.3. The number of sulfone groups is 1. The van der Waals surface area contributed by atoms with E-state index >= 15 is 0 Å². The molecule has 3 saturated heterocycles. The smallest absolute Gasteiger partial charge is 0.180 e. The average molecular weight is 668 g/mol. The van der Waals surface area contributed by atoms with Crippen LogP contribution in [-0.4, -0.2) is 69.5 Å². The van der Waals surface area contributed by atoms with Gasteiger partial charge in [0.25, 0.3) is 0 Å². The second kappa shape index (κ2) is 15.5. The third kappa shape index (κ3) is 8.53. The second-order valence-electron chi connectivity index (χ2n) is 14.9. The van der Waals surface area contributed by atoms with Gasteiger partial charge in [0.05, 0.1) is 47.9 Å². The predicted molar refractivity (Wildman–Crippen MR) is 198 cm³/mol. The maximum absolute atomic E-state index is 14.0. The van der Waals surface area contributed by atoms with Gasteiger partial charge in [-0.05, 0) is 105 Å². The lowest BCUT2D eigenvalue weighted by molar-refractivity contribution is -0.942. The first-order chi connectivity index (χ1) is 22.1. The molecule has 0 radical (unpaired) electrons. The molecule has 0 aliphatic carbocycles. The quantitative estimate of drug-likeness (QED) is 0.113. The summed E-state index contributed by atoms with van der Waals surface area (Å²) in [4.78, 5) is 3.41. The first kappa shape index (κ1) is 35.3. The SMILES string of the molecule is CCCCC1(CCCC)CS(=O)(=O)c2ccc(N(C)C)cc2C(c2ccc(NC(=S)CCCCC[N+]34CCC(CC3)CC4)cc2)N1. The summed E-state index contributed by atoms with van der Waals surface area (Å²) in [7, 11) is 0.521. The molecular weight excluding hydrogens is 609 g/mol. The van der Waals surface area contributed by atoms with E-state index in [0.717, 1.165) is 84.8 Å². The summed E-state index contributed by atoms with van der Waals surface area (Å²) in [6, 6.07) is 14.1. The van der Waals surface area contributed by atoms with Crippen molar-refractivity contribution in [3.05, 3.63) is 53.6 Å². The Balaban J connectivity index is 1.28. The fourth-order valence-electron chi connectivity index (χ4n) is 8.26. The number of hydrogen-bond donors (Lipinski definition) is 2. The van der Waals surface area contributed by atoms with Crippen molar-refractivity contribution in [2.75, 3.05) is 56.2 Å². The van der Waals surface area contributed by atoms with Crippen LogP contribution < -0.4 is 15.5 Å². The molecule has 4 aliphatic heterocycles. The number of rotatable bonds is 15. The number of anilines is 2. The minimum Gasteiger partial charge on any atom is -0.378 e. The Morgan fingerprint density at radius 3 is 2.20 bits per heavy atom. The molecule has 2 N–H and O–H groups in total. The third-order valence-corrected chi connectivity index (χ3v) is 13.5. The monoisotopic (exact) mass is 667 g/mol. The molecule has 4 aliphatic rings. The van der Waals surface area contributed by atoms with E-state index in [-0.39, 0.29) is 11.8 Å². The van der Waals surface area contributed by atoms with E-state index in [1.54, 1.807) is 0 Å². The maximum atomic E-state index is 14.0. The van der Waals surface area contributed by atoms with Gasteiger partial charge in [0, 0.05) is 31.0 Å². The number of benzene rings is 2. The standard InChI is InChI=1S/C38H58N4O2S2/c1-5-7-22-38(23-8-6-2)29-46(43,44)35-18-17-33(41(3)4)28-34(35)37(40-38)31-13-15-32(16-14-31)39-36(45)12-10-9-11-24-42-25-19-30(20-26-42)21-27-42/h13-18,28,30,37,40H,5-12,19-27,29H2,1-4H3/p+1. The largest absolute Gasteiger partial charge is 0.378 e. The first-order valence-electron chi connectivity index (χ1n) is 18.1. The van der Waals surface area contributed by atoms with Gasteiger partial charge in [-0.25, -0.2) is 8.42 Å². The summed E-state index contributed by atoms with van der Waals surface area (Å²) in [5, 5.41) is 7.46. The van der Waals surface area contributed by atoms with Gasteiger partial charge < -0.3 is 14.7 Å². The highest BCUT2D eigenvalue weighted by Gasteiger charge is 2.43. The highest BCUT2D eigenvalue weighted by molar-refractivity contribution is 7.91. The highest BCUT2D eigenvalue weighted by Crippen LogP contribution is 2.40. The molecule has 1 unspecified atom stereocenters. The third-order valence-electron chi connectivity index (χ3n) is 11.2. The van der Waals surface area contributed by atoms with E-state index in [2.05, 4.69) is 54.8 Å². The van der Waals surface area contributed by atoms with E-state index in [4.69, 9.17) is 12.2 Å². The van der Waals surface area contributed by atoms with Gasteiger partial charge in [0.2, 0.25) is 0 Å². The summed E-state index contributed by atoms with van der Waals surface area (Å²) in [6.45, 7) is 9.95. The normalized spacial score (nSPS) is 24.6. The molecule has 2 aromatic carbocycles. The summed E-state index contributed by atoms with van der Waals surface area (Å²) >= 11 is 5.77. The summed E-state index contributed by atoms with van der Waals surface area (Å²) < 4.78 is 29.4. The van der Waals surface area contributed by atoms with Gasteiger partial charge in [0.15, 0.2) is 9.84 Å². The van der Waals surface area contributed by atoms with Crippen molar-refractivity contribution in [2.45, 2.75) is 114 Å². The molecule has 0 aromatic heterocycles. The Morgan fingerprint density at radius 1 is 0.935 bits per heavy atom. The van der Waals surface area contributed by atoms with Crippen molar-refractivity contribution in [1.82, 2.24) is 5.32 Å². The first-order valence-corrected chi connectivity index (χ1v) is 20.2. The Morgan fingerprint density at radius 2 is 1.59 bits per heavy atom. The lowest BCUT2D eigenvalue weighted by atomic mass is 9.85. The van der Waals surface area contributed by atoms with E-state index in [1.165, 1.54) is 62.8 Å². The Labute approximate surface area is 285 Å². The molecule has 0 saturated carbocycles. The molecular formula is C38H59N4O2S2+. The molecule has 8 heteroatoms. The molecule has 0 spiro atoms. The zero-order valence-electron chi connectivity index (χ0n) is 29.0. The fraction of sp³-hybridized carbons (Fsp3) is 0.658. The van der Waals surface area contributed by atoms with Crippen LogP contribution in [-0.2, 0) is 9.84 Å². The summed E-state index contributed by atoms with van der Waals surface area (Å²) in [5.74, 6) is 1.16. The molecule has 254 valence electrons. The maximum Gasteiger partial charge on any atom is 0.180 e. The number of fused-ring (bicyclic) bond motifs is 4. The van der Waals surface area contributed by atoms with Crippen LogP contribution in [0.4, 0.5) is 11.4 Å². The van der Waals surface area contributed by atoms with Crippen LogP contribution >= 0.6 is 12.2 Å². The van der Waals surface area contributed by atoms with Crippen LogP contribution in [0.5, 0.6) is 0 Å². The number of nitrogens with one attached hydrogen (secondary N) is 2. The predicted octanol–water partition coefficient (Wildman–Crippen LogP) is 8.27. The molecule has 4 heterocycles. The van der Waals surface area contributed by atoms with Crippen LogP contribution in [0.3, 0.4) is 0 Å². The van der Waals surface area contributed by atoms with Gasteiger partial charge >= 0.3 is 0 Å². The summed E-state index contributed by atoms with van der Waals surface area (Å²) in [5.41, 5.74) is 3.45. The Hall–Kier alpha value is -2.00. The topological polar surface area (TPSA) is 61.4 Å². The Bertz CT molecular complexity index is 1390. The van der Waals surface area contributed by atoms with Gasteiger partial charge in [-0.2, -0.15) is 0 Å². The number of unbranched alkanes of at least 4 members (excludes halogenated alkanes) is 4. The van der Waals surface area contributed by atoms with E-state index in [9.17, 15) is 8.42 Å². The number of quaternary nitrogens is 1. The summed E-state index contributed by atoms with van der Waals surface area (Å²) in [6.07, 6.45) is 14.7. The van der Waals surface area contributed by atoms with Crippen LogP contribution in [0.2, 0.25) is 0 Å². The van der Waals surface area contributed by atoms with Gasteiger partial charge in [-0.3, -0.25) is 5.32 Å². The van der Waals surface area contributed by atoms with Gasteiger partial charge in [-0.15, -0.1) is 0 Å².